The van der Waals surface area contributed by atoms with Gasteiger partial charge in [0, 0.05) is 20.3 Å². The molecule has 0 saturated carbocycles. The molecule has 0 unspecified atom stereocenters. The van der Waals surface area contributed by atoms with E-state index in [1.54, 1.807) is 11.6 Å². The lowest BCUT2D eigenvalue weighted by molar-refractivity contribution is -0.118. The zero-order valence-corrected chi connectivity index (χ0v) is 16.1. The second-order valence-corrected chi connectivity index (χ2v) is 7.75. The predicted molar refractivity (Wildman–Crippen MR) is 109 cm³/mol. The molecule has 2 amide bonds. The van der Waals surface area contributed by atoms with E-state index < -0.39 is 22.2 Å². The fraction of sp³-hybridized carbons (Fsp3) is 0.158. The van der Waals surface area contributed by atoms with Crippen molar-refractivity contribution in [3.8, 4) is 0 Å². The van der Waals surface area contributed by atoms with E-state index in [2.05, 4.69) is 10.1 Å². The molecule has 2 aromatic carbocycles. The fourth-order valence-electron chi connectivity index (χ4n) is 2.74. The Morgan fingerprint density at radius 1 is 1.07 bits per heavy atom. The number of ether oxygens (including phenoxy) is 1. The molecule has 150 valence electrons. The van der Waals surface area contributed by atoms with E-state index in [1.165, 1.54) is 24.3 Å². The average molecular weight is 405 g/mol. The van der Waals surface area contributed by atoms with Crippen LogP contribution in [-0.4, -0.2) is 32.1 Å². The zero-order chi connectivity index (χ0) is 20.3. The number of aromatic nitrogens is 1. The molecule has 0 aliphatic rings. The first kappa shape index (κ1) is 19.4. The van der Waals surface area contributed by atoms with Gasteiger partial charge in [-0.3, -0.25) is 4.79 Å². The molecule has 0 bridgehead atoms. The summed E-state index contributed by atoms with van der Waals surface area (Å²) in [7, 11) is -2.97. The van der Waals surface area contributed by atoms with Crippen molar-refractivity contribution >= 4 is 38.6 Å². The minimum atomic E-state index is -4.03. The van der Waals surface area contributed by atoms with E-state index in [0.717, 1.165) is 18.0 Å². The zero-order valence-electron chi connectivity index (χ0n) is 15.2. The maximum absolute atomic E-state index is 12.6. The first-order valence-corrected chi connectivity index (χ1v) is 9.87. The number of benzene rings is 2. The van der Waals surface area contributed by atoms with Crippen molar-refractivity contribution in [2.45, 2.75) is 17.9 Å². The minimum Gasteiger partial charge on any atom is -0.452 e. The van der Waals surface area contributed by atoms with Gasteiger partial charge in [0.1, 0.15) is 6.04 Å². The Labute approximate surface area is 165 Å². The number of nitrogens with one attached hydrogen (secondary N) is 2. The second kappa shape index (κ2) is 7.73. The van der Waals surface area contributed by atoms with Gasteiger partial charge in [-0.15, -0.1) is 0 Å². The number of carbonyl (C=O) groups excluding carboxylic acids is 2. The molecule has 0 fully saturated rings. The van der Waals surface area contributed by atoms with Gasteiger partial charge in [-0.25, -0.2) is 17.9 Å². The maximum Gasteiger partial charge on any atom is 0.420 e. The third-order valence-electron chi connectivity index (χ3n) is 4.26. The lowest BCUT2D eigenvalue weighted by Crippen LogP contribution is -2.30. The van der Waals surface area contributed by atoms with Crippen LogP contribution in [0.5, 0.6) is 0 Å². The van der Waals surface area contributed by atoms with Crippen LogP contribution < -0.4 is 10.0 Å². The number of fused-ring (bicyclic) bond motifs is 1. The number of carbonyl (C=O) groups is 2. The summed E-state index contributed by atoms with van der Waals surface area (Å²) in [4.78, 5) is 23.6. The average Bonchev–Trinajstić information content (AvgIpc) is 3.11. The van der Waals surface area contributed by atoms with Crippen LogP contribution in [0.25, 0.3) is 10.9 Å². The van der Waals surface area contributed by atoms with Gasteiger partial charge in [0.25, 0.3) is 10.0 Å². The number of anilines is 1. The van der Waals surface area contributed by atoms with Crippen molar-refractivity contribution in [3.05, 3.63) is 60.8 Å². The Hall–Kier alpha value is -3.33. The van der Waals surface area contributed by atoms with Gasteiger partial charge in [0.2, 0.25) is 5.91 Å². The quantitative estimate of drug-likeness (QED) is 0.677. The molecule has 3 rings (SSSR count). The first-order valence-electron chi connectivity index (χ1n) is 8.39. The number of sulfonamides is 1. The van der Waals surface area contributed by atoms with Crippen LogP contribution in [0.15, 0.2) is 65.7 Å². The molecule has 3 aromatic rings. The highest BCUT2D eigenvalue weighted by molar-refractivity contribution is 7.90. The smallest absolute Gasteiger partial charge is 0.420 e. The number of hydrogen-bond acceptors (Lipinski definition) is 5. The molecule has 0 radical (unpaired) electrons. The van der Waals surface area contributed by atoms with E-state index in [-0.39, 0.29) is 13.7 Å². The molecule has 0 aliphatic heterocycles. The molecule has 8 nitrogen and oxygen atoms in total. The lowest BCUT2D eigenvalue weighted by Gasteiger charge is -2.15. The molecule has 0 spiro atoms. The number of amides is 2. The minimum absolute atomic E-state index is 0. The molecular formula is C19H23N3O5S. The Bertz CT molecular complexity index is 1130. The van der Waals surface area contributed by atoms with Gasteiger partial charge in [0.05, 0.1) is 12.0 Å². The largest absolute Gasteiger partial charge is 0.452 e. The monoisotopic (exact) mass is 405 g/mol. The predicted octanol–water partition coefficient (Wildman–Crippen LogP) is 3.38. The van der Waals surface area contributed by atoms with Crippen LogP contribution >= 0.6 is 0 Å². The summed E-state index contributed by atoms with van der Waals surface area (Å²) >= 11 is 0. The van der Waals surface area contributed by atoms with E-state index in [9.17, 15) is 18.0 Å². The topological polar surface area (TPSA) is 106 Å². The van der Waals surface area contributed by atoms with Gasteiger partial charge in [-0.1, -0.05) is 18.2 Å². The van der Waals surface area contributed by atoms with Gasteiger partial charge in [0.15, 0.2) is 0 Å². The van der Waals surface area contributed by atoms with Crippen molar-refractivity contribution < 1.29 is 25.6 Å². The number of nitrogens with zero attached hydrogens (tertiary/aromatic N) is 1. The molecule has 1 atom stereocenters. The summed E-state index contributed by atoms with van der Waals surface area (Å²) in [5.74, 6) is -0.246. The molecule has 9 heteroatoms. The summed E-state index contributed by atoms with van der Waals surface area (Å²) < 4.78 is 32.0. The molecular weight excluding hydrogens is 382 g/mol. The van der Waals surface area contributed by atoms with Gasteiger partial charge < -0.3 is 14.6 Å². The van der Waals surface area contributed by atoms with E-state index in [1.807, 2.05) is 41.1 Å². The highest BCUT2D eigenvalue weighted by Gasteiger charge is 2.19. The SMILES string of the molecule is COC(=O)NS(=O)(=O)c1ccc(NC(=O)[C@@H](C)n2ccc3ccccc32)cc1.[HH].[HH]. The number of para-hydroxylation sites is 1. The van der Waals surface area contributed by atoms with Crippen molar-refractivity contribution in [1.29, 1.82) is 0 Å². The van der Waals surface area contributed by atoms with Crippen LogP contribution in [0, 0.1) is 0 Å². The van der Waals surface area contributed by atoms with Crippen LogP contribution in [0.2, 0.25) is 0 Å². The highest BCUT2D eigenvalue weighted by Crippen LogP contribution is 2.21. The van der Waals surface area contributed by atoms with Crippen molar-refractivity contribution in [2.24, 2.45) is 0 Å². The van der Waals surface area contributed by atoms with Crippen LogP contribution in [-0.2, 0) is 19.6 Å². The van der Waals surface area contributed by atoms with Gasteiger partial charge >= 0.3 is 6.09 Å². The number of methoxy groups -OCH3 is 1. The lowest BCUT2D eigenvalue weighted by atomic mass is 10.2. The molecule has 1 heterocycles. The highest BCUT2D eigenvalue weighted by atomic mass is 32.2. The number of rotatable bonds is 5. The third-order valence-corrected chi connectivity index (χ3v) is 5.59. The Morgan fingerprint density at radius 3 is 2.43 bits per heavy atom. The third kappa shape index (κ3) is 3.99. The Balaban J connectivity index is 0.00000225. The normalized spacial score (nSPS) is 12.4. The van der Waals surface area contributed by atoms with Crippen molar-refractivity contribution in [3.63, 3.8) is 0 Å². The molecule has 0 aliphatic carbocycles. The van der Waals surface area contributed by atoms with Crippen molar-refractivity contribution in [2.75, 3.05) is 12.4 Å². The van der Waals surface area contributed by atoms with Crippen molar-refractivity contribution in [1.82, 2.24) is 9.29 Å². The van der Waals surface area contributed by atoms with Crippen LogP contribution in [0.3, 0.4) is 0 Å². The summed E-state index contributed by atoms with van der Waals surface area (Å²) in [6.07, 6.45) is 0.772. The Kier molecular flexibility index (Phi) is 5.36. The van der Waals surface area contributed by atoms with Gasteiger partial charge in [-0.05, 0) is 48.7 Å². The molecule has 2 N–H and O–H groups in total. The van der Waals surface area contributed by atoms with Crippen LogP contribution in [0.1, 0.15) is 15.8 Å². The second-order valence-electron chi connectivity index (χ2n) is 6.07. The molecule has 28 heavy (non-hydrogen) atoms. The Morgan fingerprint density at radius 2 is 1.75 bits per heavy atom. The number of hydrogen-bond donors (Lipinski definition) is 2. The summed E-state index contributed by atoms with van der Waals surface area (Å²) in [5, 5.41) is 3.80. The van der Waals surface area contributed by atoms with Crippen LogP contribution in [0.4, 0.5) is 10.5 Å². The maximum atomic E-state index is 12.6. The van der Waals surface area contributed by atoms with E-state index in [4.69, 9.17) is 0 Å². The van der Waals surface area contributed by atoms with E-state index in [0.29, 0.717) is 5.69 Å². The summed E-state index contributed by atoms with van der Waals surface area (Å²) in [6.45, 7) is 1.78. The molecule has 1 aromatic heterocycles. The molecule has 0 saturated heterocycles. The summed E-state index contributed by atoms with van der Waals surface area (Å²) in [5.41, 5.74) is 1.38. The fourth-order valence-corrected chi connectivity index (χ4v) is 3.66. The van der Waals surface area contributed by atoms with Gasteiger partial charge in [-0.2, -0.15) is 0 Å². The van der Waals surface area contributed by atoms with E-state index >= 15 is 0 Å². The first-order chi connectivity index (χ1) is 13.3. The summed E-state index contributed by atoms with van der Waals surface area (Å²) in [6, 6.07) is 14.7. The standard InChI is InChI=1S/C19H19N3O5S.2H2/c1-13(22-12-11-14-5-3-4-6-17(14)22)18(23)20-15-7-9-16(10-8-15)28(25,26)21-19(24)27-2;;/h3-13H,1-2H3,(H,20,23)(H,21,24);2*1H/t13-;;/m1../s1.